The van der Waals surface area contributed by atoms with Crippen molar-refractivity contribution in [2.75, 3.05) is 29.9 Å². The summed E-state index contributed by atoms with van der Waals surface area (Å²) in [4.78, 5) is 40.0. The SMILES string of the molecule is C=C(N)c1ccc(NC(=O)[C@H](O)[C@H]2OCCN(c3ccc4c(c3)C(=O)N(CC(F)(F)F)C4)C2=O)cc1. The number of amides is 3. The van der Waals surface area contributed by atoms with Gasteiger partial charge in [0.1, 0.15) is 6.54 Å². The lowest BCUT2D eigenvalue weighted by Crippen LogP contribution is -2.55. The van der Waals surface area contributed by atoms with E-state index in [2.05, 4.69) is 11.9 Å². The Balaban J connectivity index is 1.46. The highest BCUT2D eigenvalue weighted by atomic mass is 19.4. The fraction of sp³-hybridized carbons (Fsp3) is 0.292. The number of nitrogens with one attached hydrogen (secondary N) is 1. The zero-order valence-corrected chi connectivity index (χ0v) is 18.9. The van der Waals surface area contributed by atoms with Gasteiger partial charge in [-0.05, 0) is 35.4 Å². The lowest BCUT2D eigenvalue weighted by Gasteiger charge is -2.34. The average molecular weight is 504 g/mol. The lowest BCUT2D eigenvalue weighted by atomic mass is 10.1. The van der Waals surface area contributed by atoms with Crippen molar-refractivity contribution in [2.24, 2.45) is 5.73 Å². The predicted octanol–water partition coefficient (Wildman–Crippen LogP) is 1.87. The Labute approximate surface area is 203 Å². The Morgan fingerprint density at radius 1 is 1.22 bits per heavy atom. The van der Waals surface area contributed by atoms with Gasteiger partial charge in [-0.3, -0.25) is 14.4 Å². The zero-order chi connectivity index (χ0) is 26.2. The minimum Gasteiger partial charge on any atom is -0.399 e. The molecule has 2 aromatic rings. The maximum atomic E-state index is 13.1. The van der Waals surface area contributed by atoms with Gasteiger partial charge < -0.3 is 30.7 Å². The molecule has 12 heteroatoms. The normalized spacial score (nSPS) is 18.7. The molecule has 1 fully saturated rings. The van der Waals surface area contributed by atoms with Gasteiger partial charge in [0.2, 0.25) is 0 Å². The fourth-order valence-electron chi connectivity index (χ4n) is 4.07. The van der Waals surface area contributed by atoms with Crippen molar-refractivity contribution in [1.29, 1.82) is 0 Å². The Kier molecular flexibility index (Phi) is 6.74. The van der Waals surface area contributed by atoms with Gasteiger partial charge in [0.05, 0.1) is 6.61 Å². The number of carbonyl (C=O) groups is 3. The van der Waals surface area contributed by atoms with Crippen molar-refractivity contribution in [3.63, 3.8) is 0 Å². The Bertz CT molecular complexity index is 1220. The molecule has 9 nitrogen and oxygen atoms in total. The van der Waals surface area contributed by atoms with E-state index in [0.29, 0.717) is 27.4 Å². The van der Waals surface area contributed by atoms with Gasteiger partial charge in [-0.2, -0.15) is 13.2 Å². The maximum Gasteiger partial charge on any atom is 0.406 e. The van der Waals surface area contributed by atoms with E-state index < -0.39 is 42.7 Å². The minimum absolute atomic E-state index is 0.0146. The number of hydrogen-bond acceptors (Lipinski definition) is 6. The molecule has 4 N–H and O–H groups in total. The summed E-state index contributed by atoms with van der Waals surface area (Å²) >= 11 is 0. The maximum absolute atomic E-state index is 13.1. The first-order valence-electron chi connectivity index (χ1n) is 10.9. The molecule has 2 aliphatic rings. The van der Waals surface area contributed by atoms with Crippen molar-refractivity contribution in [3.05, 3.63) is 65.7 Å². The number of nitrogens with zero attached hydrogens (tertiary/aromatic N) is 2. The van der Waals surface area contributed by atoms with Crippen LogP contribution in [-0.2, 0) is 20.9 Å². The lowest BCUT2D eigenvalue weighted by molar-refractivity contribution is -0.150. The van der Waals surface area contributed by atoms with Gasteiger partial charge in [0.25, 0.3) is 17.7 Å². The molecule has 0 radical (unpaired) electrons. The molecule has 36 heavy (non-hydrogen) atoms. The molecule has 3 amide bonds. The molecule has 2 heterocycles. The first-order valence-corrected chi connectivity index (χ1v) is 10.9. The molecule has 0 saturated carbocycles. The van der Waals surface area contributed by atoms with Crippen LogP contribution in [-0.4, -0.2) is 65.8 Å². The van der Waals surface area contributed by atoms with E-state index in [1.165, 1.54) is 23.1 Å². The van der Waals surface area contributed by atoms with Gasteiger partial charge >= 0.3 is 6.18 Å². The number of fused-ring (bicyclic) bond motifs is 1. The van der Waals surface area contributed by atoms with Crippen molar-refractivity contribution < 1.29 is 37.4 Å². The Hall–Kier alpha value is -3.90. The number of anilines is 2. The summed E-state index contributed by atoms with van der Waals surface area (Å²) in [6.07, 6.45) is -7.90. The molecule has 2 aliphatic heterocycles. The standard InChI is InChI=1S/C24H23F3N4O5/c1-13(28)14-2-5-16(6-3-14)29-21(33)19(32)20-23(35)31(8-9-36-20)17-7-4-15-11-30(12-24(25,26)27)22(34)18(15)10-17/h2-7,10,19-20,32H,1,8-9,11-12,28H2,(H,29,33)/t19-,20-/m1/s1. The number of nitrogens with two attached hydrogens (primary N) is 1. The minimum atomic E-state index is -4.54. The molecular formula is C24H23F3N4O5. The van der Waals surface area contributed by atoms with Crippen molar-refractivity contribution in [3.8, 4) is 0 Å². The van der Waals surface area contributed by atoms with Crippen LogP contribution in [0.4, 0.5) is 24.5 Å². The first-order chi connectivity index (χ1) is 16.9. The Morgan fingerprint density at radius 3 is 2.56 bits per heavy atom. The number of morpholine rings is 1. The van der Waals surface area contributed by atoms with E-state index in [4.69, 9.17) is 10.5 Å². The zero-order valence-electron chi connectivity index (χ0n) is 18.9. The third-order valence-corrected chi connectivity index (χ3v) is 5.85. The van der Waals surface area contributed by atoms with E-state index in [-0.39, 0.29) is 30.9 Å². The Morgan fingerprint density at radius 2 is 1.92 bits per heavy atom. The average Bonchev–Trinajstić information content (AvgIpc) is 3.12. The quantitative estimate of drug-likeness (QED) is 0.552. The molecule has 0 aromatic heterocycles. The highest BCUT2D eigenvalue weighted by Gasteiger charge is 2.41. The predicted molar refractivity (Wildman–Crippen MR) is 124 cm³/mol. The summed E-state index contributed by atoms with van der Waals surface area (Å²) in [5, 5.41) is 13.0. The summed E-state index contributed by atoms with van der Waals surface area (Å²) < 4.78 is 43.7. The van der Waals surface area contributed by atoms with Crippen LogP contribution in [0.15, 0.2) is 49.0 Å². The smallest absolute Gasteiger partial charge is 0.399 e. The van der Waals surface area contributed by atoms with Crippen LogP contribution in [0.5, 0.6) is 0 Å². The topological polar surface area (TPSA) is 125 Å². The van der Waals surface area contributed by atoms with Gasteiger partial charge in [0.15, 0.2) is 12.2 Å². The van der Waals surface area contributed by atoms with Crippen LogP contribution in [0.3, 0.4) is 0 Å². The van der Waals surface area contributed by atoms with Crippen molar-refractivity contribution >= 4 is 34.8 Å². The molecule has 2 atom stereocenters. The summed E-state index contributed by atoms with van der Waals surface area (Å²) in [6.45, 7) is 2.10. The summed E-state index contributed by atoms with van der Waals surface area (Å²) in [7, 11) is 0. The number of alkyl halides is 3. The number of benzene rings is 2. The molecule has 1 saturated heterocycles. The second kappa shape index (κ2) is 9.63. The van der Waals surface area contributed by atoms with E-state index in [1.807, 2.05) is 0 Å². The number of hydrogen-bond donors (Lipinski definition) is 3. The van der Waals surface area contributed by atoms with Crippen molar-refractivity contribution in [1.82, 2.24) is 4.90 Å². The van der Waals surface area contributed by atoms with Crippen LogP contribution in [0, 0.1) is 0 Å². The summed E-state index contributed by atoms with van der Waals surface area (Å²) in [5.41, 5.74) is 7.69. The second-order valence-electron chi connectivity index (χ2n) is 8.44. The molecule has 0 unspecified atom stereocenters. The molecule has 2 aromatic carbocycles. The number of rotatable bonds is 6. The third kappa shape index (κ3) is 5.19. The number of ether oxygens (including phenoxy) is 1. The number of aliphatic hydroxyl groups excluding tert-OH is 1. The molecule has 0 bridgehead atoms. The fourth-order valence-corrected chi connectivity index (χ4v) is 4.07. The van der Waals surface area contributed by atoms with Gasteiger partial charge in [0, 0.05) is 35.7 Å². The second-order valence-corrected chi connectivity index (χ2v) is 8.44. The molecular weight excluding hydrogens is 481 g/mol. The van der Waals surface area contributed by atoms with E-state index >= 15 is 0 Å². The van der Waals surface area contributed by atoms with Gasteiger partial charge in [-0.15, -0.1) is 0 Å². The van der Waals surface area contributed by atoms with Gasteiger partial charge in [-0.1, -0.05) is 24.8 Å². The molecule has 4 rings (SSSR count). The van der Waals surface area contributed by atoms with Gasteiger partial charge in [-0.25, -0.2) is 0 Å². The van der Waals surface area contributed by atoms with Crippen LogP contribution in [0.25, 0.3) is 5.70 Å². The van der Waals surface area contributed by atoms with Crippen LogP contribution in [0.2, 0.25) is 0 Å². The van der Waals surface area contributed by atoms with Crippen LogP contribution >= 0.6 is 0 Å². The summed E-state index contributed by atoms with van der Waals surface area (Å²) in [5.74, 6) is -2.39. The largest absolute Gasteiger partial charge is 0.406 e. The van der Waals surface area contributed by atoms with Crippen LogP contribution in [0.1, 0.15) is 21.5 Å². The number of halogens is 3. The first kappa shape index (κ1) is 25.2. The number of aliphatic hydroxyl groups is 1. The monoisotopic (exact) mass is 504 g/mol. The van der Waals surface area contributed by atoms with E-state index in [1.54, 1.807) is 24.3 Å². The highest BCUT2D eigenvalue weighted by Crippen LogP contribution is 2.31. The van der Waals surface area contributed by atoms with Crippen LogP contribution < -0.4 is 16.0 Å². The van der Waals surface area contributed by atoms with E-state index in [0.717, 1.165) is 0 Å². The number of carbonyl (C=O) groups excluding carboxylic acids is 3. The van der Waals surface area contributed by atoms with E-state index in [9.17, 15) is 32.7 Å². The molecule has 0 aliphatic carbocycles. The molecule has 0 spiro atoms. The molecule has 190 valence electrons. The highest BCUT2D eigenvalue weighted by molar-refractivity contribution is 6.05. The van der Waals surface area contributed by atoms with Crippen molar-refractivity contribution in [2.45, 2.75) is 24.9 Å². The third-order valence-electron chi connectivity index (χ3n) is 5.85. The summed E-state index contributed by atoms with van der Waals surface area (Å²) in [6, 6.07) is 10.7.